The molecule has 7 heteroatoms. The van der Waals surface area contributed by atoms with E-state index in [-0.39, 0.29) is 0 Å². The van der Waals surface area contributed by atoms with Crippen LogP contribution in [0, 0.1) is 0 Å². The number of nitrogens with one attached hydrogen (secondary N) is 1. The minimum Gasteiger partial charge on any atom is -0.363 e. The summed E-state index contributed by atoms with van der Waals surface area (Å²) in [6, 6.07) is 0. The van der Waals surface area contributed by atoms with Crippen molar-refractivity contribution in [3.63, 3.8) is 0 Å². The van der Waals surface area contributed by atoms with Crippen LogP contribution < -0.4 is 5.32 Å². The largest absolute Gasteiger partial charge is 0.363 e. The lowest BCUT2D eigenvalue weighted by Crippen LogP contribution is -1.91. The van der Waals surface area contributed by atoms with E-state index in [4.69, 9.17) is 0 Å². The highest BCUT2D eigenvalue weighted by Gasteiger charge is 2.04. The maximum absolute atomic E-state index is 4.06. The van der Waals surface area contributed by atoms with Crippen molar-refractivity contribution in [2.75, 3.05) is 12.4 Å². The molecule has 2 rings (SSSR count). The van der Waals surface area contributed by atoms with Crippen molar-refractivity contribution in [2.45, 2.75) is 12.8 Å². The number of hydrogen-bond donors (Lipinski definition) is 1. The average molecular weight is 224 g/mol. The van der Waals surface area contributed by atoms with Crippen molar-refractivity contribution in [3.05, 3.63) is 16.9 Å². The third-order valence-electron chi connectivity index (χ3n) is 1.93. The summed E-state index contributed by atoms with van der Waals surface area (Å²) in [5.74, 6) is 0. The molecular weight excluding hydrogens is 212 g/mol. The molecule has 0 amide bonds. The third-order valence-corrected chi connectivity index (χ3v) is 2.93. The Bertz CT molecular complexity index is 434. The topological polar surface area (TPSA) is 68.5 Å². The number of anilines is 1. The Morgan fingerprint density at radius 1 is 1.33 bits per heavy atom. The van der Waals surface area contributed by atoms with Gasteiger partial charge in [-0.1, -0.05) is 16.6 Å². The first-order valence-corrected chi connectivity index (χ1v) is 5.45. The highest BCUT2D eigenvalue weighted by Crippen LogP contribution is 2.15. The Morgan fingerprint density at radius 3 is 2.80 bits per heavy atom. The molecule has 6 nitrogen and oxygen atoms in total. The van der Waals surface area contributed by atoms with Gasteiger partial charge in [0.05, 0.1) is 5.69 Å². The second-order valence-electron chi connectivity index (χ2n) is 3.13. The predicted molar refractivity (Wildman–Crippen MR) is 57.9 cm³/mol. The van der Waals surface area contributed by atoms with Gasteiger partial charge in [-0.05, 0) is 6.42 Å². The Hall–Kier alpha value is -1.50. The fraction of sp³-hybridized carbons (Fsp3) is 0.500. The average Bonchev–Trinajstić information content (AvgIpc) is 2.83. The third kappa shape index (κ3) is 2.50. The molecule has 0 aliphatic heterocycles. The molecule has 0 aliphatic rings. The van der Waals surface area contributed by atoms with Gasteiger partial charge in [0.25, 0.3) is 0 Å². The van der Waals surface area contributed by atoms with Crippen LogP contribution >= 0.6 is 11.3 Å². The maximum atomic E-state index is 4.06. The van der Waals surface area contributed by atoms with Crippen molar-refractivity contribution >= 4 is 16.5 Å². The Balaban J connectivity index is 1.93. The number of aryl methyl sites for hydroxylation is 3. The lowest BCUT2D eigenvalue weighted by molar-refractivity contribution is 0.712. The quantitative estimate of drug-likeness (QED) is 0.818. The van der Waals surface area contributed by atoms with E-state index in [0.717, 1.165) is 28.7 Å². The lowest BCUT2D eigenvalue weighted by Gasteiger charge is -1.90. The second kappa shape index (κ2) is 4.35. The van der Waals surface area contributed by atoms with Gasteiger partial charge in [-0.25, -0.2) is 0 Å². The summed E-state index contributed by atoms with van der Waals surface area (Å²) < 4.78 is 1.70. The van der Waals surface area contributed by atoms with Gasteiger partial charge in [0.2, 0.25) is 5.13 Å². The predicted octanol–water partition coefficient (Wildman–Crippen LogP) is 0.493. The van der Waals surface area contributed by atoms with E-state index in [0.29, 0.717) is 0 Å². The van der Waals surface area contributed by atoms with Crippen molar-refractivity contribution < 1.29 is 0 Å². The molecule has 0 aliphatic carbocycles. The van der Waals surface area contributed by atoms with Gasteiger partial charge >= 0.3 is 0 Å². The van der Waals surface area contributed by atoms with Crippen LogP contribution in [-0.4, -0.2) is 32.2 Å². The molecule has 0 fully saturated rings. The van der Waals surface area contributed by atoms with Crippen molar-refractivity contribution in [3.8, 4) is 0 Å². The molecular formula is C8H12N6S. The molecule has 0 spiro atoms. The molecule has 0 saturated heterocycles. The van der Waals surface area contributed by atoms with Gasteiger partial charge in [0.1, 0.15) is 5.01 Å². The molecule has 0 bridgehead atoms. The molecule has 0 atom stereocenters. The Kier molecular flexibility index (Phi) is 2.91. The molecule has 0 aromatic carbocycles. The van der Waals surface area contributed by atoms with Gasteiger partial charge in [0, 0.05) is 26.7 Å². The minimum atomic E-state index is 0.851. The zero-order chi connectivity index (χ0) is 10.7. The normalized spacial score (nSPS) is 10.5. The summed E-state index contributed by atoms with van der Waals surface area (Å²) in [4.78, 5) is 0. The fourth-order valence-electron chi connectivity index (χ4n) is 1.20. The van der Waals surface area contributed by atoms with E-state index >= 15 is 0 Å². The van der Waals surface area contributed by atoms with Crippen LogP contribution in [0.1, 0.15) is 10.7 Å². The van der Waals surface area contributed by atoms with Crippen LogP contribution in [-0.2, 0) is 19.9 Å². The molecule has 1 N–H and O–H groups in total. The summed E-state index contributed by atoms with van der Waals surface area (Å²) in [6.45, 7) is 0. The lowest BCUT2D eigenvalue weighted by atomic mass is 10.2. The van der Waals surface area contributed by atoms with Gasteiger partial charge in [-0.2, -0.15) is 0 Å². The number of hydrogen-bond acceptors (Lipinski definition) is 6. The van der Waals surface area contributed by atoms with Crippen molar-refractivity contribution in [2.24, 2.45) is 7.05 Å². The number of aromatic nitrogens is 5. The molecule has 0 radical (unpaired) electrons. The SMILES string of the molecule is CNc1nnc(CCc2cn(C)nn2)s1. The van der Waals surface area contributed by atoms with E-state index in [2.05, 4.69) is 25.8 Å². The van der Waals surface area contributed by atoms with Crippen LogP contribution in [0.2, 0.25) is 0 Å². The van der Waals surface area contributed by atoms with Gasteiger partial charge < -0.3 is 5.32 Å². The van der Waals surface area contributed by atoms with Crippen molar-refractivity contribution in [1.29, 1.82) is 0 Å². The smallest absolute Gasteiger partial charge is 0.205 e. The van der Waals surface area contributed by atoms with E-state index in [1.54, 1.807) is 16.0 Å². The maximum Gasteiger partial charge on any atom is 0.205 e. The van der Waals surface area contributed by atoms with Crippen LogP contribution in [0.15, 0.2) is 6.20 Å². The molecule has 15 heavy (non-hydrogen) atoms. The van der Waals surface area contributed by atoms with E-state index in [1.165, 1.54) is 0 Å². The summed E-state index contributed by atoms with van der Waals surface area (Å²) >= 11 is 1.57. The first-order valence-electron chi connectivity index (χ1n) is 4.63. The van der Waals surface area contributed by atoms with Crippen LogP contribution in [0.4, 0.5) is 5.13 Å². The summed E-state index contributed by atoms with van der Waals surface area (Å²) in [5.41, 5.74) is 0.985. The molecule has 80 valence electrons. The second-order valence-corrected chi connectivity index (χ2v) is 4.20. The van der Waals surface area contributed by atoms with E-state index < -0.39 is 0 Å². The highest BCUT2D eigenvalue weighted by atomic mass is 32.1. The molecule has 2 aromatic heterocycles. The Labute approximate surface area is 91.3 Å². The van der Waals surface area contributed by atoms with Crippen LogP contribution in [0.25, 0.3) is 0 Å². The van der Waals surface area contributed by atoms with Gasteiger partial charge in [-0.3, -0.25) is 4.68 Å². The monoisotopic (exact) mass is 224 g/mol. The highest BCUT2D eigenvalue weighted by molar-refractivity contribution is 7.15. The first kappa shape index (κ1) is 10.0. The zero-order valence-electron chi connectivity index (χ0n) is 8.64. The van der Waals surface area contributed by atoms with Gasteiger partial charge in [-0.15, -0.1) is 15.3 Å². The molecule has 2 heterocycles. The van der Waals surface area contributed by atoms with E-state index in [1.807, 2.05) is 20.3 Å². The standard InChI is InChI=1S/C8H12N6S/c1-9-8-12-11-7(15-8)4-3-6-5-14(2)13-10-6/h5H,3-4H2,1-2H3,(H,9,12). The zero-order valence-corrected chi connectivity index (χ0v) is 9.45. The van der Waals surface area contributed by atoms with Gasteiger partial charge in [0.15, 0.2) is 0 Å². The fourth-order valence-corrected chi connectivity index (χ4v) is 1.89. The Morgan fingerprint density at radius 2 is 2.20 bits per heavy atom. The molecule has 0 saturated carbocycles. The summed E-state index contributed by atoms with van der Waals surface area (Å²) in [6.07, 6.45) is 3.63. The van der Waals surface area contributed by atoms with E-state index in [9.17, 15) is 0 Å². The summed E-state index contributed by atoms with van der Waals surface area (Å²) in [7, 11) is 3.70. The number of rotatable bonds is 4. The minimum absolute atomic E-state index is 0.851. The first-order chi connectivity index (χ1) is 7.28. The van der Waals surface area contributed by atoms with Crippen LogP contribution in [0.5, 0.6) is 0 Å². The van der Waals surface area contributed by atoms with Crippen LogP contribution in [0.3, 0.4) is 0 Å². The summed E-state index contributed by atoms with van der Waals surface area (Å²) in [5, 5.41) is 20.7. The molecule has 2 aromatic rings. The number of nitrogens with zero attached hydrogens (tertiary/aromatic N) is 5. The molecule has 0 unspecified atom stereocenters. The van der Waals surface area contributed by atoms with Crippen molar-refractivity contribution in [1.82, 2.24) is 25.2 Å².